The molecule has 3 aromatic rings. The summed E-state index contributed by atoms with van der Waals surface area (Å²) in [5, 5.41) is 7.02. The number of aryl methyl sites for hydroxylation is 1. The smallest absolute Gasteiger partial charge is 0.235 e. The number of fused-ring (bicyclic) bond motifs is 1. The van der Waals surface area contributed by atoms with Crippen LogP contribution in [0, 0.1) is 12.7 Å². The molecule has 0 radical (unpaired) electrons. The summed E-state index contributed by atoms with van der Waals surface area (Å²) in [6.45, 7) is 1.84. The minimum absolute atomic E-state index is 0.0276. The Balaban J connectivity index is 2.10. The van der Waals surface area contributed by atoms with Crippen LogP contribution in [0.4, 0.5) is 10.3 Å². The van der Waals surface area contributed by atoms with E-state index in [1.807, 2.05) is 6.92 Å². The second-order valence-corrected chi connectivity index (χ2v) is 4.06. The van der Waals surface area contributed by atoms with Crippen LogP contribution in [-0.2, 0) is 0 Å². The van der Waals surface area contributed by atoms with E-state index in [1.165, 1.54) is 12.3 Å². The summed E-state index contributed by atoms with van der Waals surface area (Å²) in [5.41, 5.74) is 6.88. The lowest BCUT2D eigenvalue weighted by atomic mass is 10.2. The van der Waals surface area contributed by atoms with Crippen LogP contribution in [-0.4, -0.2) is 20.2 Å². The number of nitrogens with two attached hydrogens (primary N) is 1. The number of benzene rings is 1. The molecule has 0 atom stereocenters. The molecule has 1 aromatic carbocycles. The van der Waals surface area contributed by atoms with Crippen LogP contribution in [0.1, 0.15) is 5.56 Å². The van der Waals surface area contributed by atoms with E-state index in [0.29, 0.717) is 11.0 Å². The van der Waals surface area contributed by atoms with Gasteiger partial charge in [0.05, 0.1) is 6.20 Å². The third-order valence-corrected chi connectivity index (χ3v) is 2.59. The third kappa shape index (κ3) is 2.05. The van der Waals surface area contributed by atoms with Crippen molar-refractivity contribution in [3.05, 3.63) is 35.8 Å². The number of hydrogen-bond acceptors (Lipinski definition) is 5. The molecule has 6 nitrogen and oxygen atoms in total. The number of ether oxygens (including phenoxy) is 1. The molecule has 0 aliphatic carbocycles. The molecule has 2 heterocycles. The van der Waals surface area contributed by atoms with E-state index in [4.69, 9.17) is 10.5 Å². The fraction of sp³-hybridized carbons (Fsp3) is 0.0833. The number of nitrogens with one attached hydrogen (secondary N) is 1. The molecule has 2 aromatic heterocycles. The highest BCUT2D eigenvalue weighted by molar-refractivity contribution is 5.80. The van der Waals surface area contributed by atoms with Gasteiger partial charge in [-0.3, -0.25) is 5.10 Å². The fourth-order valence-electron chi connectivity index (χ4n) is 1.70. The summed E-state index contributed by atoms with van der Waals surface area (Å²) in [7, 11) is 0. The Morgan fingerprint density at radius 3 is 3.00 bits per heavy atom. The first-order chi connectivity index (χ1) is 9.13. The van der Waals surface area contributed by atoms with Gasteiger partial charge in [0.2, 0.25) is 11.8 Å². The molecule has 0 aliphatic heterocycles. The normalized spacial score (nSPS) is 10.8. The Hall–Kier alpha value is -2.70. The van der Waals surface area contributed by atoms with E-state index in [1.54, 1.807) is 12.1 Å². The summed E-state index contributed by atoms with van der Waals surface area (Å²) in [4.78, 5) is 7.91. The number of halogens is 1. The Bertz CT molecular complexity index is 755. The second kappa shape index (κ2) is 4.20. The SMILES string of the molecule is Cc1ccc(F)c(Oc2nc(N)nc3[nH]ncc23)c1. The van der Waals surface area contributed by atoms with Crippen molar-refractivity contribution in [2.75, 3.05) is 5.73 Å². The van der Waals surface area contributed by atoms with Gasteiger partial charge in [0.25, 0.3) is 0 Å². The molecule has 0 fully saturated rings. The van der Waals surface area contributed by atoms with Crippen molar-refractivity contribution in [1.82, 2.24) is 20.2 Å². The molecule has 3 N–H and O–H groups in total. The average molecular weight is 259 g/mol. The predicted molar refractivity (Wildman–Crippen MR) is 67.3 cm³/mol. The largest absolute Gasteiger partial charge is 0.435 e. The molecule has 0 saturated carbocycles. The van der Waals surface area contributed by atoms with Crippen molar-refractivity contribution in [1.29, 1.82) is 0 Å². The summed E-state index contributed by atoms with van der Waals surface area (Å²) < 4.78 is 19.1. The van der Waals surface area contributed by atoms with Crippen LogP contribution in [0.3, 0.4) is 0 Å². The molecule has 96 valence electrons. The monoisotopic (exact) mass is 259 g/mol. The highest BCUT2D eigenvalue weighted by atomic mass is 19.1. The number of nitrogens with zero attached hydrogens (tertiary/aromatic N) is 3. The Kier molecular flexibility index (Phi) is 2.52. The van der Waals surface area contributed by atoms with Gasteiger partial charge in [-0.15, -0.1) is 0 Å². The predicted octanol–water partition coefficient (Wildman–Crippen LogP) is 2.17. The van der Waals surface area contributed by atoms with E-state index >= 15 is 0 Å². The Morgan fingerprint density at radius 2 is 2.16 bits per heavy atom. The summed E-state index contributed by atoms with van der Waals surface area (Å²) in [5.74, 6) is -0.194. The maximum Gasteiger partial charge on any atom is 0.235 e. The van der Waals surface area contributed by atoms with E-state index in [2.05, 4.69) is 20.2 Å². The topological polar surface area (TPSA) is 89.7 Å². The highest BCUT2D eigenvalue weighted by Gasteiger charge is 2.12. The van der Waals surface area contributed by atoms with Crippen molar-refractivity contribution in [3.8, 4) is 11.6 Å². The van der Waals surface area contributed by atoms with Crippen molar-refractivity contribution >= 4 is 17.0 Å². The summed E-state index contributed by atoms with van der Waals surface area (Å²) >= 11 is 0. The molecule has 0 spiro atoms. The zero-order chi connectivity index (χ0) is 13.4. The quantitative estimate of drug-likeness (QED) is 0.736. The number of H-pyrrole nitrogens is 1. The molecule has 0 aliphatic rings. The first-order valence-corrected chi connectivity index (χ1v) is 5.54. The van der Waals surface area contributed by atoms with Gasteiger partial charge in [-0.2, -0.15) is 15.1 Å². The zero-order valence-electron chi connectivity index (χ0n) is 10.0. The van der Waals surface area contributed by atoms with Gasteiger partial charge < -0.3 is 10.5 Å². The number of aromatic nitrogens is 4. The van der Waals surface area contributed by atoms with Gasteiger partial charge >= 0.3 is 0 Å². The van der Waals surface area contributed by atoms with E-state index in [9.17, 15) is 4.39 Å². The number of anilines is 1. The minimum atomic E-state index is -0.473. The van der Waals surface area contributed by atoms with Crippen molar-refractivity contribution in [2.45, 2.75) is 6.92 Å². The molecule has 3 rings (SSSR count). The summed E-state index contributed by atoms with van der Waals surface area (Å²) in [6, 6.07) is 4.57. The zero-order valence-corrected chi connectivity index (χ0v) is 10.0. The fourth-order valence-corrected chi connectivity index (χ4v) is 1.70. The lowest BCUT2D eigenvalue weighted by Crippen LogP contribution is -1.99. The molecule has 19 heavy (non-hydrogen) atoms. The van der Waals surface area contributed by atoms with E-state index in [0.717, 1.165) is 5.56 Å². The van der Waals surface area contributed by atoms with E-state index < -0.39 is 5.82 Å². The van der Waals surface area contributed by atoms with Gasteiger partial charge in [0, 0.05) is 0 Å². The Morgan fingerprint density at radius 1 is 1.32 bits per heavy atom. The Labute approximate surface area is 107 Å². The first-order valence-electron chi connectivity index (χ1n) is 5.54. The molecular formula is C12H10FN5O. The van der Waals surface area contributed by atoms with Gasteiger partial charge in [-0.05, 0) is 24.6 Å². The van der Waals surface area contributed by atoms with Crippen LogP contribution >= 0.6 is 0 Å². The standard InChI is InChI=1S/C12H10FN5O/c1-6-2-3-8(13)9(4-6)19-11-7-5-15-18-10(7)16-12(14)17-11/h2-5H,1H3,(H3,14,15,16,17,18). The van der Waals surface area contributed by atoms with Crippen molar-refractivity contribution < 1.29 is 9.13 Å². The summed E-state index contributed by atoms with van der Waals surface area (Å²) in [6.07, 6.45) is 1.50. The first kappa shape index (κ1) is 11.4. The number of hydrogen-bond donors (Lipinski definition) is 2. The minimum Gasteiger partial charge on any atom is -0.435 e. The van der Waals surface area contributed by atoms with Gasteiger partial charge in [0.15, 0.2) is 17.2 Å². The molecular weight excluding hydrogens is 249 g/mol. The number of nitrogen functional groups attached to an aromatic ring is 1. The van der Waals surface area contributed by atoms with Crippen LogP contribution in [0.5, 0.6) is 11.6 Å². The van der Waals surface area contributed by atoms with Gasteiger partial charge in [-0.25, -0.2) is 4.39 Å². The average Bonchev–Trinajstić information content (AvgIpc) is 2.82. The number of rotatable bonds is 2. The van der Waals surface area contributed by atoms with Crippen molar-refractivity contribution in [3.63, 3.8) is 0 Å². The van der Waals surface area contributed by atoms with E-state index in [-0.39, 0.29) is 17.6 Å². The highest BCUT2D eigenvalue weighted by Crippen LogP contribution is 2.29. The molecule has 0 unspecified atom stereocenters. The molecule has 0 saturated heterocycles. The van der Waals surface area contributed by atoms with Crippen LogP contribution in [0.25, 0.3) is 11.0 Å². The van der Waals surface area contributed by atoms with Crippen molar-refractivity contribution in [2.24, 2.45) is 0 Å². The molecule has 0 bridgehead atoms. The van der Waals surface area contributed by atoms with Crippen LogP contribution < -0.4 is 10.5 Å². The van der Waals surface area contributed by atoms with Crippen LogP contribution in [0.15, 0.2) is 24.4 Å². The number of aromatic amines is 1. The molecule has 7 heteroatoms. The maximum absolute atomic E-state index is 13.7. The third-order valence-electron chi connectivity index (χ3n) is 2.59. The maximum atomic E-state index is 13.7. The lowest BCUT2D eigenvalue weighted by Gasteiger charge is -2.07. The molecule has 0 amide bonds. The van der Waals surface area contributed by atoms with Gasteiger partial charge in [-0.1, -0.05) is 6.07 Å². The van der Waals surface area contributed by atoms with Gasteiger partial charge in [0.1, 0.15) is 5.39 Å². The lowest BCUT2D eigenvalue weighted by molar-refractivity contribution is 0.432. The second-order valence-electron chi connectivity index (χ2n) is 4.06. The van der Waals surface area contributed by atoms with Crippen LogP contribution in [0.2, 0.25) is 0 Å².